The molecule has 0 saturated carbocycles. The van der Waals surface area contributed by atoms with Crippen molar-refractivity contribution in [2.75, 3.05) is 0 Å². The summed E-state index contributed by atoms with van der Waals surface area (Å²) in [4.78, 5) is 0. The Morgan fingerprint density at radius 2 is 0.607 bits per heavy atom. The van der Waals surface area contributed by atoms with Crippen LogP contribution in [0.5, 0.6) is 11.5 Å². The van der Waals surface area contributed by atoms with Crippen LogP contribution in [0.25, 0.3) is 11.1 Å². The van der Waals surface area contributed by atoms with Crippen molar-refractivity contribution >= 4 is 0 Å². The molecule has 0 amide bonds. The van der Waals surface area contributed by atoms with E-state index in [4.69, 9.17) is 0 Å². The van der Waals surface area contributed by atoms with E-state index in [1.807, 2.05) is 24.3 Å². The molecular weight excluding hydrogens is 344 g/mol. The maximum absolute atomic E-state index is 9.39. The number of aromatic hydroxyl groups is 2. The van der Waals surface area contributed by atoms with Crippen LogP contribution in [-0.4, -0.2) is 10.2 Å². The molecule has 0 atom stereocenters. The van der Waals surface area contributed by atoms with Gasteiger partial charge < -0.3 is 10.2 Å². The predicted octanol–water partition coefficient (Wildman–Crippen LogP) is 5.95. The first kappa shape index (κ1) is 17.9. The second-order valence-corrected chi connectivity index (χ2v) is 7.08. The third-order valence-corrected chi connectivity index (χ3v) is 4.93. The van der Waals surface area contributed by atoms with Crippen molar-refractivity contribution in [3.8, 4) is 22.6 Å². The molecule has 0 spiro atoms. The van der Waals surface area contributed by atoms with Crippen molar-refractivity contribution in [2.45, 2.75) is 12.8 Å². The average molecular weight is 366 g/mol. The lowest BCUT2D eigenvalue weighted by atomic mass is 9.98. The molecule has 0 aliphatic heterocycles. The van der Waals surface area contributed by atoms with Gasteiger partial charge in [-0.25, -0.2) is 0 Å². The summed E-state index contributed by atoms with van der Waals surface area (Å²) >= 11 is 0. The highest BCUT2D eigenvalue weighted by Crippen LogP contribution is 2.23. The average Bonchev–Trinajstić information content (AvgIpc) is 2.73. The minimum atomic E-state index is 0.299. The maximum atomic E-state index is 9.39. The lowest BCUT2D eigenvalue weighted by Gasteiger charge is -2.07. The Hall–Kier alpha value is -3.52. The van der Waals surface area contributed by atoms with E-state index in [-0.39, 0.29) is 0 Å². The van der Waals surface area contributed by atoms with Crippen LogP contribution in [0.15, 0.2) is 97.1 Å². The summed E-state index contributed by atoms with van der Waals surface area (Å²) in [6.45, 7) is 0. The third-order valence-electron chi connectivity index (χ3n) is 4.93. The molecule has 0 heterocycles. The molecule has 0 aromatic heterocycles. The zero-order valence-corrected chi connectivity index (χ0v) is 15.5. The van der Waals surface area contributed by atoms with Gasteiger partial charge in [0.2, 0.25) is 0 Å². The van der Waals surface area contributed by atoms with Gasteiger partial charge in [0.15, 0.2) is 0 Å². The molecule has 0 saturated heterocycles. The van der Waals surface area contributed by atoms with Gasteiger partial charge in [-0.05, 0) is 70.5 Å². The molecular formula is C26H22O2. The lowest BCUT2D eigenvalue weighted by Crippen LogP contribution is -1.89. The van der Waals surface area contributed by atoms with E-state index < -0.39 is 0 Å². The van der Waals surface area contributed by atoms with Crippen molar-refractivity contribution < 1.29 is 10.2 Å². The second kappa shape index (κ2) is 8.01. The van der Waals surface area contributed by atoms with Gasteiger partial charge in [-0.15, -0.1) is 0 Å². The van der Waals surface area contributed by atoms with Crippen molar-refractivity contribution in [1.29, 1.82) is 0 Å². The van der Waals surface area contributed by atoms with Gasteiger partial charge in [-0.2, -0.15) is 0 Å². The van der Waals surface area contributed by atoms with Crippen LogP contribution in [0.4, 0.5) is 0 Å². The van der Waals surface area contributed by atoms with Gasteiger partial charge in [0.1, 0.15) is 11.5 Å². The topological polar surface area (TPSA) is 40.5 Å². The molecule has 4 aromatic rings. The zero-order chi connectivity index (χ0) is 19.3. The molecule has 2 nitrogen and oxygen atoms in total. The van der Waals surface area contributed by atoms with Gasteiger partial charge in [0.25, 0.3) is 0 Å². The van der Waals surface area contributed by atoms with Crippen LogP contribution in [0, 0.1) is 0 Å². The Kier molecular flexibility index (Phi) is 5.11. The van der Waals surface area contributed by atoms with Gasteiger partial charge >= 0.3 is 0 Å². The van der Waals surface area contributed by atoms with E-state index in [9.17, 15) is 10.2 Å². The molecule has 0 aliphatic carbocycles. The number of benzene rings is 4. The normalized spacial score (nSPS) is 10.7. The standard InChI is InChI=1S/C26H22O2/c27-25-13-5-21(6-14-25)17-19-1-9-23(10-2-19)24-11-3-20(4-12-24)18-22-7-15-26(28)16-8-22/h1-16,27-28H,17-18H2. The van der Waals surface area contributed by atoms with Crippen LogP contribution >= 0.6 is 0 Å². The quantitative estimate of drug-likeness (QED) is 0.458. The molecule has 0 aliphatic rings. The molecule has 0 fully saturated rings. The van der Waals surface area contributed by atoms with Crippen molar-refractivity contribution in [3.63, 3.8) is 0 Å². The molecule has 2 N–H and O–H groups in total. The number of hydrogen-bond donors (Lipinski definition) is 2. The summed E-state index contributed by atoms with van der Waals surface area (Å²) in [6.07, 6.45) is 1.71. The fraction of sp³-hybridized carbons (Fsp3) is 0.0769. The molecule has 0 bridgehead atoms. The highest BCUT2D eigenvalue weighted by molar-refractivity contribution is 5.64. The predicted molar refractivity (Wildman–Crippen MR) is 114 cm³/mol. The van der Waals surface area contributed by atoms with Crippen LogP contribution in [-0.2, 0) is 12.8 Å². The molecule has 138 valence electrons. The Balaban J connectivity index is 1.43. The summed E-state index contributed by atoms with van der Waals surface area (Å²) in [5.74, 6) is 0.598. The highest BCUT2D eigenvalue weighted by atomic mass is 16.3. The number of rotatable bonds is 5. The Morgan fingerprint density at radius 1 is 0.357 bits per heavy atom. The van der Waals surface area contributed by atoms with Crippen molar-refractivity contribution in [2.24, 2.45) is 0 Å². The molecule has 0 radical (unpaired) electrons. The Labute approximate surface area is 165 Å². The Bertz CT molecular complexity index is 941. The molecule has 2 heteroatoms. The summed E-state index contributed by atoms with van der Waals surface area (Å²) in [6, 6.07) is 32.0. The minimum absolute atomic E-state index is 0.299. The van der Waals surface area contributed by atoms with E-state index in [1.165, 1.54) is 33.4 Å². The second-order valence-electron chi connectivity index (χ2n) is 7.08. The monoisotopic (exact) mass is 366 g/mol. The summed E-state index contributed by atoms with van der Waals surface area (Å²) in [5.41, 5.74) is 7.27. The fourth-order valence-electron chi connectivity index (χ4n) is 3.33. The maximum Gasteiger partial charge on any atom is 0.115 e. The van der Waals surface area contributed by atoms with E-state index in [0.29, 0.717) is 11.5 Å². The fourth-order valence-corrected chi connectivity index (χ4v) is 3.33. The van der Waals surface area contributed by atoms with Gasteiger partial charge in [0, 0.05) is 0 Å². The molecule has 4 aromatic carbocycles. The molecule has 28 heavy (non-hydrogen) atoms. The highest BCUT2D eigenvalue weighted by Gasteiger charge is 2.02. The SMILES string of the molecule is Oc1ccc(Cc2ccc(-c3ccc(Cc4ccc(O)cc4)cc3)cc2)cc1. The van der Waals surface area contributed by atoms with Crippen LogP contribution in [0.3, 0.4) is 0 Å². The summed E-state index contributed by atoms with van der Waals surface area (Å²) in [7, 11) is 0. The van der Waals surface area contributed by atoms with E-state index in [0.717, 1.165) is 12.8 Å². The molecule has 4 rings (SSSR count). The first-order chi connectivity index (χ1) is 13.7. The van der Waals surface area contributed by atoms with Gasteiger partial charge in [-0.3, -0.25) is 0 Å². The lowest BCUT2D eigenvalue weighted by molar-refractivity contribution is 0.474. The molecule has 0 unspecified atom stereocenters. The minimum Gasteiger partial charge on any atom is -0.508 e. The van der Waals surface area contributed by atoms with E-state index in [2.05, 4.69) is 48.5 Å². The van der Waals surface area contributed by atoms with Crippen LogP contribution in [0.1, 0.15) is 22.3 Å². The number of hydrogen-bond acceptors (Lipinski definition) is 2. The van der Waals surface area contributed by atoms with E-state index in [1.54, 1.807) is 24.3 Å². The first-order valence-corrected chi connectivity index (χ1v) is 9.40. The van der Waals surface area contributed by atoms with Crippen molar-refractivity contribution in [3.05, 3.63) is 119 Å². The van der Waals surface area contributed by atoms with Crippen LogP contribution < -0.4 is 0 Å². The Morgan fingerprint density at radius 3 is 0.893 bits per heavy atom. The number of phenolic OH excluding ortho intramolecular Hbond substituents is 2. The van der Waals surface area contributed by atoms with Crippen molar-refractivity contribution in [1.82, 2.24) is 0 Å². The van der Waals surface area contributed by atoms with Gasteiger partial charge in [0.05, 0.1) is 0 Å². The summed E-state index contributed by atoms with van der Waals surface area (Å²) < 4.78 is 0. The number of phenols is 2. The third kappa shape index (κ3) is 4.41. The summed E-state index contributed by atoms with van der Waals surface area (Å²) in [5, 5.41) is 18.8. The first-order valence-electron chi connectivity index (χ1n) is 9.40. The van der Waals surface area contributed by atoms with Gasteiger partial charge in [-0.1, -0.05) is 72.8 Å². The smallest absolute Gasteiger partial charge is 0.115 e. The zero-order valence-electron chi connectivity index (χ0n) is 15.5. The van der Waals surface area contributed by atoms with Crippen LogP contribution in [0.2, 0.25) is 0 Å². The largest absolute Gasteiger partial charge is 0.508 e. The van der Waals surface area contributed by atoms with E-state index >= 15 is 0 Å².